The molecule has 14 heavy (non-hydrogen) atoms. The second-order valence-corrected chi connectivity index (χ2v) is 9.24. The van der Waals surface area contributed by atoms with Crippen molar-refractivity contribution in [3.05, 3.63) is 0 Å². The highest BCUT2D eigenvalue weighted by Gasteiger charge is 2.20. The van der Waals surface area contributed by atoms with Crippen LogP contribution in [0.2, 0.25) is 0 Å². The lowest BCUT2D eigenvalue weighted by Crippen LogP contribution is -2.01. The minimum Gasteiger partial charge on any atom is -0.240 e. The molecular formula is C12H22IN. The predicted molar refractivity (Wildman–Crippen MR) is 69.4 cm³/mol. The van der Waals surface area contributed by atoms with Gasteiger partial charge in [-0.25, -0.2) is 3.37 Å². The molecule has 0 aromatic rings. The summed E-state index contributed by atoms with van der Waals surface area (Å²) in [6.45, 7) is 0. The Bertz CT molecular complexity index is 206. The van der Waals surface area contributed by atoms with Gasteiger partial charge in [-0.1, -0.05) is 25.7 Å². The van der Waals surface area contributed by atoms with Crippen LogP contribution in [-0.4, -0.2) is 8.86 Å². The lowest BCUT2D eigenvalue weighted by molar-refractivity contribution is 0.624. The van der Waals surface area contributed by atoms with Gasteiger partial charge >= 0.3 is 0 Å². The van der Waals surface area contributed by atoms with Crippen molar-refractivity contribution in [2.24, 2.45) is 11.8 Å². The van der Waals surface area contributed by atoms with E-state index in [9.17, 15) is 3.37 Å². The Balaban J connectivity index is 1.67. The highest BCUT2D eigenvalue weighted by Crippen LogP contribution is 2.37. The van der Waals surface area contributed by atoms with Gasteiger partial charge in [0.2, 0.25) is 0 Å². The van der Waals surface area contributed by atoms with Gasteiger partial charge in [0.25, 0.3) is 0 Å². The van der Waals surface area contributed by atoms with Crippen molar-refractivity contribution in [2.75, 3.05) is 8.86 Å². The second-order valence-electron chi connectivity index (χ2n) is 5.04. The fourth-order valence-corrected chi connectivity index (χ4v) is 7.89. The number of halogens is 1. The summed E-state index contributed by atoms with van der Waals surface area (Å²) in [4.78, 5) is 0. The summed E-state index contributed by atoms with van der Waals surface area (Å²) in [7, 11) is 0. The summed E-state index contributed by atoms with van der Waals surface area (Å²) in [6.07, 6.45) is 11.4. The molecule has 0 N–H and O–H groups in total. The number of hydrogen-bond donors (Lipinski definition) is 0. The van der Waals surface area contributed by atoms with Crippen molar-refractivity contribution < 1.29 is 0 Å². The number of hydrogen-bond acceptors (Lipinski definition) is 1. The third-order valence-electron chi connectivity index (χ3n) is 3.74. The molecule has 0 atom stereocenters. The molecule has 0 amide bonds. The molecule has 0 radical (unpaired) electrons. The zero-order chi connectivity index (χ0) is 9.80. The number of alkyl halides is 2. The summed E-state index contributed by atoms with van der Waals surface area (Å²) in [5.74, 6) is 1.85. The molecule has 0 aromatic carbocycles. The van der Waals surface area contributed by atoms with Crippen LogP contribution in [0.3, 0.4) is 0 Å². The van der Waals surface area contributed by atoms with Gasteiger partial charge in [-0.15, -0.1) is 0 Å². The average molecular weight is 307 g/mol. The van der Waals surface area contributed by atoms with E-state index < -0.39 is 19.5 Å². The molecule has 82 valence electrons. The first kappa shape index (κ1) is 10.9. The van der Waals surface area contributed by atoms with E-state index in [0.717, 1.165) is 11.8 Å². The van der Waals surface area contributed by atoms with Crippen LogP contribution in [-0.2, 0) is 0 Å². The molecule has 2 heteroatoms. The van der Waals surface area contributed by atoms with Gasteiger partial charge < -0.3 is 0 Å². The SMILES string of the molecule is N#I(CC1CCCC1)CC1CCCC1. The van der Waals surface area contributed by atoms with Gasteiger partial charge in [-0.05, 0) is 37.5 Å². The smallest absolute Gasteiger partial charge is 0.0265 e. The topological polar surface area (TPSA) is 23.8 Å². The molecule has 0 aliphatic heterocycles. The molecule has 0 aromatic heterocycles. The maximum Gasteiger partial charge on any atom is 0.0265 e. The van der Waals surface area contributed by atoms with E-state index in [1.54, 1.807) is 0 Å². The normalized spacial score (nSPS) is 25.1. The van der Waals surface area contributed by atoms with Gasteiger partial charge in [0.1, 0.15) is 0 Å². The first-order chi connectivity index (χ1) is 6.84. The molecule has 2 fully saturated rings. The number of rotatable bonds is 2. The van der Waals surface area contributed by atoms with E-state index in [2.05, 4.69) is 0 Å². The summed E-state index contributed by atoms with van der Waals surface area (Å²) in [5.41, 5.74) is 0. The van der Waals surface area contributed by atoms with Crippen LogP contribution in [0.5, 0.6) is 0 Å². The molecule has 2 aliphatic carbocycles. The standard InChI is InChI=1S/C12H22IN/c14-13(9-11-5-1-2-6-11)10-12-7-3-4-8-12/h11-12H,1-10H2. The molecule has 0 saturated heterocycles. The van der Waals surface area contributed by atoms with Crippen molar-refractivity contribution in [1.82, 2.24) is 0 Å². The number of nitrogens with zero attached hydrogens (tertiary/aromatic N) is 1. The Morgan fingerprint density at radius 1 is 0.786 bits per heavy atom. The second kappa shape index (κ2) is 5.50. The Morgan fingerprint density at radius 2 is 1.14 bits per heavy atom. The van der Waals surface area contributed by atoms with Gasteiger partial charge in [0.05, 0.1) is 0 Å². The zero-order valence-corrected chi connectivity index (χ0v) is 11.2. The highest BCUT2D eigenvalue weighted by molar-refractivity contribution is 14.2. The van der Waals surface area contributed by atoms with E-state index in [-0.39, 0.29) is 0 Å². The average Bonchev–Trinajstić information content (AvgIpc) is 2.76. The molecule has 2 saturated carbocycles. The van der Waals surface area contributed by atoms with E-state index in [1.165, 1.54) is 60.2 Å². The van der Waals surface area contributed by atoms with E-state index >= 15 is 0 Å². The van der Waals surface area contributed by atoms with Crippen LogP contribution in [0.4, 0.5) is 0 Å². The Hall–Kier alpha value is 0.440. The van der Waals surface area contributed by atoms with Crippen molar-refractivity contribution in [1.29, 1.82) is 3.37 Å². The van der Waals surface area contributed by atoms with Gasteiger partial charge in [0, 0.05) is 28.3 Å². The Kier molecular flexibility index (Phi) is 4.30. The Morgan fingerprint density at radius 3 is 1.50 bits per heavy atom. The molecule has 2 rings (SSSR count). The van der Waals surface area contributed by atoms with E-state index in [1.807, 2.05) is 0 Å². The van der Waals surface area contributed by atoms with Crippen molar-refractivity contribution in [3.63, 3.8) is 0 Å². The van der Waals surface area contributed by atoms with Crippen LogP contribution >= 0.6 is 19.5 Å². The third kappa shape index (κ3) is 3.23. The quantitative estimate of drug-likeness (QED) is 0.549. The molecule has 2 aliphatic rings. The lowest BCUT2D eigenvalue weighted by atomic mass is 10.1. The van der Waals surface area contributed by atoms with Crippen molar-refractivity contribution >= 4 is 19.5 Å². The van der Waals surface area contributed by atoms with E-state index in [0.29, 0.717) is 0 Å². The third-order valence-corrected chi connectivity index (χ3v) is 8.27. The maximum atomic E-state index is 10.1. The fraction of sp³-hybridized carbons (Fsp3) is 1.00. The molecule has 0 heterocycles. The minimum atomic E-state index is -1.48. The molecule has 1 nitrogen and oxygen atoms in total. The maximum absolute atomic E-state index is 10.1. The first-order valence-corrected chi connectivity index (χ1v) is 10.2. The highest BCUT2D eigenvalue weighted by atomic mass is 127. The summed E-state index contributed by atoms with van der Waals surface area (Å²) >= 11 is -1.48. The lowest BCUT2D eigenvalue weighted by Gasteiger charge is -2.10. The summed E-state index contributed by atoms with van der Waals surface area (Å²) < 4.78 is 12.6. The largest absolute Gasteiger partial charge is 0.240 e. The van der Waals surface area contributed by atoms with Crippen LogP contribution < -0.4 is 0 Å². The molecule has 0 spiro atoms. The van der Waals surface area contributed by atoms with Crippen LogP contribution in [0.1, 0.15) is 51.4 Å². The first-order valence-electron chi connectivity index (χ1n) is 6.15. The zero-order valence-electron chi connectivity index (χ0n) is 9.05. The summed E-state index contributed by atoms with van der Waals surface area (Å²) in [6, 6.07) is 0. The van der Waals surface area contributed by atoms with Crippen LogP contribution in [0.15, 0.2) is 0 Å². The fourth-order valence-electron chi connectivity index (χ4n) is 2.90. The van der Waals surface area contributed by atoms with Crippen molar-refractivity contribution in [2.45, 2.75) is 51.4 Å². The van der Waals surface area contributed by atoms with E-state index in [4.69, 9.17) is 0 Å². The van der Waals surface area contributed by atoms with Gasteiger partial charge in [-0.2, -0.15) is 0 Å². The minimum absolute atomic E-state index is 0.923. The molecule has 0 unspecified atom stereocenters. The van der Waals surface area contributed by atoms with Crippen LogP contribution in [0.25, 0.3) is 0 Å². The monoisotopic (exact) mass is 307 g/mol. The summed E-state index contributed by atoms with van der Waals surface area (Å²) in [5, 5.41) is 0. The van der Waals surface area contributed by atoms with Gasteiger partial charge in [0.15, 0.2) is 0 Å². The van der Waals surface area contributed by atoms with Crippen LogP contribution in [0, 0.1) is 15.2 Å². The molecular weight excluding hydrogens is 285 g/mol. The van der Waals surface area contributed by atoms with Gasteiger partial charge in [-0.3, -0.25) is 0 Å². The van der Waals surface area contributed by atoms with Crippen molar-refractivity contribution in [3.8, 4) is 0 Å². The molecule has 0 bridgehead atoms. The predicted octanol–water partition coefficient (Wildman–Crippen LogP) is 4.35. The Labute approximate surface area is 94.7 Å².